The summed E-state index contributed by atoms with van der Waals surface area (Å²) in [5, 5.41) is 3.24. The summed E-state index contributed by atoms with van der Waals surface area (Å²) < 4.78 is 22.1. The Morgan fingerprint density at radius 3 is 2.13 bits per heavy atom. The molecule has 0 saturated carbocycles. The lowest BCUT2D eigenvalue weighted by Gasteiger charge is -2.29. The average Bonchev–Trinajstić information content (AvgIpc) is 2.18. The van der Waals surface area contributed by atoms with Crippen molar-refractivity contribution in [1.82, 2.24) is 5.32 Å². The number of hydrogen-bond acceptors (Lipinski definition) is 4. The van der Waals surface area contributed by atoms with Crippen molar-refractivity contribution in [3.63, 3.8) is 0 Å². The van der Waals surface area contributed by atoms with Gasteiger partial charge in [-0.25, -0.2) is 8.42 Å². The SMILES string of the molecule is CCC(CC)(CNCCS(C)(=O)=O)SC. The second-order valence-corrected chi connectivity index (χ2v) is 7.43. The van der Waals surface area contributed by atoms with Gasteiger partial charge in [-0.3, -0.25) is 0 Å². The molecule has 0 aromatic rings. The number of nitrogens with one attached hydrogen (secondary N) is 1. The van der Waals surface area contributed by atoms with Gasteiger partial charge >= 0.3 is 0 Å². The van der Waals surface area contributed by atoms with Crippen LogP contribution in [0.25, 0.3) is 0 Å². The Bertz CT molecular complexity index is 250. The topological polar surface area (TPSA) is 46.2 Å². The van der Waals surface area contributed by atoms with Crippen LogP contribution in [-0.4, -0.2) is 44.5 Å². The third-order valence-corrected chi connectivity index (χ3v) is 5.35. The van der Waals surface area contributed by atoms with Crippen molar-refractivity contribution in [1.29, 1.82) is 0 Å². The molecule has 1 N–H and O–H groups in total. The van der Waals surface area contributed by atoms with E-state index in [0.29, 0.717) is 6.54 Å². The molecule has 0 aliphatic carbocycles. The first-order valence-electron chi connectivity index (χ1n) is 5.32. The van der Waals surface area contributed by atoms with E-state index in [4.69, 9.17) is 0 Å². The van der Waals surface area contributed by atoms with Crippen molar-refractivity contribution in [3.05, 3.63) is 0 Å². The van der Waals surface area contributed by atoms with Crippen molar-refractivity contribution in [3.8, 4) is 0 Å². The minimum atomic E-state index is -2.83. The molecule has 0 aromatic carbocycles. The van der Waals surface area contributed by atoms with Gasteiger partial charge in [-0.15, -0.1) is 0 Å². The first-order chi connectivity index (χ1) is 6.89. The predicted octanol–water partition coefficient (Wildman–Crippen LogP) is 1.54. The van der Waals surface area contributed by atoms with E-state index in [-0.39, 0.29) is 10.5 Å². The van der Waals surface area contributed by atoms with Crippen LogP contribution >= 0.6 is 11.8 Å². The first kappa shape index (κ1) is 15.3. The van der Waals surface area contributed by atoms with Gasteiger partial charge < -0.3 is 5.32 Å². The molecule has 0 radical (unpaired) electrons. The van der Waals surface area contributed by atoms with Crippen molar-refractivity contribution in [2.24, 2.45) is 0 Å². The molecule has 0 aromatic heterocycles. The quantitative estimate of drug-likeness (QED) is 0.667. The van der Waals surface area contributed by atoms with Crippen molar-refractivity contribution in [2.45, 2.75) is 31.4 Å². The fourth-order valence-electron chi connectivity index (χ4n) is 1.43. The largest absolute Gasteiger partial charge is 0.314 e. The molecule has 0 amide bonds. The Kier molecular flexibility index (Phi) is 6.88. The van der Waals surface area contributed by atoms with Crippen LogP contribution in [0.15, 0.2) is 0 Å². The monoisotopic (exact) mass is 253 g/mol. The molecule has 0 aliphatic heterocycles. The fourth-order valence-corrected chi connectivity index (χ4v) is 2.77. The highest BCUT2D eigenvalue weighted by Gasteiger charge is 2.23. The van der Waals surface area contributed by atoms with E-state index in [2.05, 4.69) is 25.4 Å². The van der Waals surface area contributed by atoms with E-state index in [1.807, 2.05) is 11.8 Å². The minimum Gasteiger partial charge on any atom is -0.314 e. The van der Waals surface area contributed by atoms with Gasteiger partial charge in [0.05, 0.1) is 5.75 Å². The summed E-state index contributed by atoms with van der Waals surface area (Å²) in [6, 6.07) is 0. The number of hydrogen-bond donors (Lipinski definition) is 1. The Hall–Kier alpha value is 0.260. The normalized spacial score (nSPS) is 13.1. The summed E-state index contributed by atoms with van der Waals surface area (Å²) in [7, 11) is -2.83. The molecule has 0 aliphatic rings. The molecule has 5 heteroatoms. The smallest absolute Gasteiger partial charge is 0.148 e. The average molecular weight is 253 g/mol. The van der Waals surface area contributed by atoms with Crippen LogP contribution in [0.5, 0.6) is 0 Å². The van der Waals surface area contributed by atoms with Gasteiger partial charge in [0.1, 0.15) is 9.84 Å². The lowest BCUT2D eigenvalue weighted by Crippen LogP contribution is -2.38. The summed E-state index contributed by atoms with van der Waals surface area (Å²) >= 11 is 1.86. The molecule has 0 spiro atoms. The van der Waals surface area contributed by atoms with E-state index in [0.717, 1.165) is 19.4 Å². The summed E-state index contributed by atoms with van der Waals surface area (Å²) in [5.74, 6) is 0.227. The van der Waals surface area contributed by atoms with Crippen LogP contribution in [0.4, 0.5) is 0 Å². The maximum Gasteiger partial charge on any atom is 0.148 e. The van der Waals surface area contributed by atoms with Gasteiger partial charge in [0, 0.05) is 24.1 Å². The molecule has 0 atom stereocenters. The van der Waals surface area contributed by atoms with Gasteiger partial charge in [-0.05, 0) is 19.1 Å². The maximum atomic E-state index is 10.9. The lowest BCUT2D eigenvalue weighted by molar-refractivity contribution is 0.502. The summed E-state index contributed by atoms with van der Waals surface area (Å²) in [5.41, 5.74) is 0. The predicted molar refractivity (Wildman–Crippen MR) is 69.4 cm³/mol. The molecule has 0 heterocycles. The second kappa shape index (κ2) is 6.76. The molecule has 0 saturated heterocycles. The van der Waals surface area contributed by atoms with Crippen LogP contribution in [-0.2, 0) is 9.84 Å². The third kappa shape index (κ3) is 6.43. The highest BCUT2D eigenvalue weighted by molar-refractivity contribution is 8.00. The van der Waals surface area contributed by atoms with E-state index < -0.39 is 9.84 Å². The zero-order valence-corrected chi connectivity index (χ0v) is 11.8. The summed E-state index contributed by atoms with van der Waals surface area (Å²) in [6.45, 7) is 5.80. The minimum absolute atomic E-state index is 0.227. The van der Waals surface area contributed by atoms with Crippen LogP contribution in [0.3, 0.4) is 0 Å². The molecular formula is C10H23NO2S2. The van der Waals surface area contributed by atoms with E-state index in [9.17, 15) is 8.42 Å². The number of rotatable bonds is 8. The Balaban J connectivity index is 3.92. The van der Waals surface area contributed by atoms with Gasteiger partial charge in [-0.2, -0.15) is 11.8 Å². The van der Waals surface area contributed by atoms with Gasteiger partial charge in [0.15, 0.2) is 0 Å². The zero-order chi connectivity index (χ0) is 11.9. The number of sulfone groups is 1. The zero-order valence-electron chi connectivity index (χ0n) is 10.2. The van der Waals surface area contributed by atoms with Crippen molar-refractivity contribution in [2.75, 3.05) is 31.4 Å². The highest BCUT2D eigenvalue weighted by Crippen LogP contribution is 2.29. The molecule has 0 fully saturated rings. The standard InChI is InChI=1S/C10H23NO2S2/c1-5-10(6-2,14-3)9-11-7-8-15(4,12)13/h11H,5-9H2,1-4H3. The van der Waals surface area contributed by atoms with Gasteiger partial charge in [0.2, 0.25) is 0 Å². The molecule has 0 unspecified atom stereocenters. The van der Waals surface area contributed by atoms with Crippen LogP contribution in [0.1, 0.15) is 26.7 Å². The highest BCUT2D eigenvalue weighted by atomic mass is 32.2. The van der Waals surface area contributed by atoms with Crippen molar-refractivity contribution < 1.29 is 8.42 Å². The van der Waals surface area contributed by atoms with Gasteiger partial charge in [-0.1, -0.05) is 13.8 Å². The van der Waals surface area contributed by atoms with Gasteiger partial charge in [0.25, 0.3) is 0 Å². The van der Waals surface area contributed by atoms with Crippen LogP contribution < -0.4 is 5.32 Å². The molecule has 15 heavy (non-hydrogen) atoms. The second-order valence-electron chi connectivity index (χ2n) is 3.90. The number of thioether (sulfide) groups is 1. The molecule has 3 nitrogen and oxygen atoms in total. The van der Waals surface area contributed by atoms with E-state index in [1.54, 1.807) is 0 Å². The van der Waals surface area contributed by atoms with Crippen molar-refractivity contribution >= 4 is 21.6 Å². The summed E-state index contributed by atoms with van der Waals surface area (Å²) in [4.78, 5) is 0. The van der Waals surface area contributed by atoms with E-state index in [1.165, 1.54) is 6.26 Å². The first-order valence-corrected chi connectivity index (χ1v) is 8.61. The Morgan fingerprint density at radius 1 is 1.27 bits per heavy atom. The molecule has 0 bridgehead atoms. The summed E-state index contributed by atoms with van der Waals surface area (Å²) in [6.07, 6.45) is 5.61. The van der Waals surface area contributed by atoms with Crippen LogP contribution in [0, 0.1) is 0 Å². The third-order valence-electron chi connectivity index (χ3n) is 2.82. The Labute approximate surface area is 98.3 Å². The lowest BCUT2D eigenvalue weighted by atomic mass is 10.0. The molecular weight excluding hydrogens is 230 g/mol. The van der Waals surface area contributed by atoms with Crippen LogP contribution in [0.2, 0.25) is 0 Å². The molecule has 92 valence electrons. The maximum absolute atomic E-state index is 10.9. The fraction of sp³-hybridized carbons (Fsp3) is 1.00. The molecule has 0 rings (SSSR count). The van der Waals surface area contributed by atoms with E-state index >= 15 is 0 Å². The Morgan fingerprint density at radius 2 is 1.80 bits per heavy atom.